The Labute approximate surface area is 149 Å². The Hall–Kier alpha value is -2.41. The largest absolute Gasteiger partial charge is 0.344 e. The van der Waals surface area contributed by atoms with Crippen LogP contribution in [-0.4, -0.2) is 50.6 Å². The number of pyridine rings is 1. The molecule has 0 unspecified atom stereocenters. The lowest BCUT2D eigenvalue weighted by Gasteiger charge is -2.25. The van der Waals surface area contributed by atoms with Gasteiger partial charge in [0.05, 0.1) is 11.9 Å². The predicted molar refractivity (Wildman–Crippen MR) is 98.9 cm³/mol. The molecule has 2 rings (SSSR count). The van der Waals surface area contributed by atoms with Gasteiger partial charge in [0.1, 0.15) is 6.54 Å². The van der Waals surface area contributed by atoms with E-state index in [9.17, 15) is 13.2 Å². The van der Waals surface area contributed by atoms with E-state index in [0.717, 1.165) is 21.7 Å². The normalized spacial score (nSPS) is 11.2. The van der Waals surface area contributed by atoms with Gasteiger partial charge in [-0.15, -0.1) is 0 Å². The van der Waals surface area contributed by atoms with Crippen LogP contribution in [0.1, 0.15) is 11.1 Å². The van der Waals surface area contributed by atoms with E-state index in [4.69, 9.17) is 0 Å². The Bertz CT molecular complexity index is 805. The van der Waals surface area contributed by atoms with Crippen LogP contribution in [0.2, 0.25) is 0 Å². The van der Waals surface area contributed by atoms with E-state index in [2.05, 4.69) is 4.98 Å². The van der Waals surface area contributed by atoms with E-state index >= 15 is 0 Å². The molecular weight excluding hydrogens is 338 g/mol. The number of carbonyl (C=O) groups excluding carboxylic acids is 1. The van der Waals surface area contributed by atoms with E-state index in [1.54, 1.807) is 36.5 Å². The Morgan fingerprint density at radius 2 is 1.68 bits per heavy atom. The molecule has 0 atom stereocenters. The number of aryl methyl sites for hydroxylation is 1. The van der Waals surface area contributed by atoms with Crippen molar-refractivity contribution < 1.29 is 13.2 Å². The van der Waals surface area contributed by atoms with E-state index in [1.807, 2.05) is 31.2 Å². The summed E-state index contributed by atoms with van der Waals surface area (Å²) in [6.45, 7) is 2.22. The summed E-state index contributed by atoms with van der Waals surface area (Å²) in [5, 5.41) is 0. The van der Waals surface area contributed by atoms with Gasteiger partial charge in [-0.1, -0.05) is 17.7 Å². The fraction of sp³-hybridized carbons (Fsp3) is 0.333. The number of benzene rings is 1. The highest BCUT2D eigenvalue weighted by Crippen LogP contribution is 2.18. The molecule has 0 spiro atoms. The summed E-state index contributed by atoms with van der Waals surface area (Å²) in [5.74, 6) is -0.250. The fourth-order valence-electron chi connectivity index (χ4n) is 2.33. The maximum absolute atomic E-state index is 12.5. The Morgan fingerprint density at radius 3 is 2.24 bits per heavy atom. The van der Waals surface area contributed by atoms with Crippen molar-refractivity contribution in [1.29, 1.82) is 0 Å². The molecule has 0 aliphatic carbocycles. The van der Waals surface area contributed by atoms with Crippen molar-refractivity contribution in [3.8, 4) is 0 Å². The molecule has 0 saturated heterocycles. The average Bonchev–Trinajstić information content (AvgIpc) is 2.58. The predicted octanol–water partition coefficient (Wildman–Crippen LogP) is 1.86. The molecule has 1 aromatic carbocycles. The highest BCUT2D eigenvalue weighted by atomic mass is 32.2. The molecule has 25 heavy (non-hydrogen) atoms. The number of likely N-dealkylation sites (N-methyl/N-ethyl adjacent to an activating group) is 1. The van der Waals surface area contributed by atoms with Gasteiger partial charge in [0, 0.05) is 26.0 Å². The quantitative estimate of drug-likeness (QED) is 0.755. The second kappa shape index (κ2) is 8.11. The van der Waals surface area contributed by atoms with Gasteiger partial charge in [-0.05, 0) is 43.2 Å². The van der Waals surface area contributed by atoms with Crippen LogP contribution in [0.4, 0.5) is 5.69 Å². The van der Waals surface area contributed by atoms with Crippen molar-refractivity contribution in [3.63, 3.8) is 0 Å². The summed E-state index contributed by atoms with van der Waals surface area (Å²) in [5.41, 5.74) is 2.59. The molecule has 2 aromatic rings. The lowest BCUT2D eigenvalue weighted by molar-refractivity contribution is -0.128. The van der Waals surface area contributed by atoms with Gasteiger partial charge in [0.15, 0.2) is 0 Å². The molecule has 0 aliphatic rings. The van der Waals surface area contributed by atoms with Gasteiger partial charge < -0.3 is 4.90 Å². The minimum Gasteiger partial charge on any atom is -0.344 e. The van der Waals surface area contributed by atoms with Crippen LogP contribution in [0.15, 0.2) is 48.8 Å². The molecule has 0 radical (unpaired) electrons. The average molecular weight is 361 g/mol. The van der Waals surface area contributed by atoms with Crippen molar-refractivity contribution in [2.75, 3.05) is 30.7 Å². The van der Waals surface area contributed by atoms with E-state index in [0.29, 0.717) is 18.7 Å². The molecular formula is C18H23N3O3S. The van der Waals surface area contributed by atoms with Crippen LogP contribution in [-0.2, 0) is 21.2 Å². The van der Waals surface area contributed by atoms with E-state index in [1.165, 1.54) is 0 Å². The van der Waals surface area contributed by atoms with E-state index < -0.39 is 10.0 Å². The van der Waals surface area contributed by atoms with E-state index in [-0.39, 0.29) is 12.5 Å². The molecule has 7 heteroatoms. The number of aromatic nitrogens is 1. The third-order valence-corrected chi connectivity index (χ3v) is 5.05. The van der Waals surface area contributed by atoms with Crippen molar-refractivity contribution in [3.05, 3.63) is 59.9 Å². The molecule has 1 heterocycles. The SMILES string of the molecule is Cc1ccc(N(CC(=O)N(C)CCc2ccncc2)S(C)(=O)=O)cc1. The van der Waals surface area contributed by atoms with Crippen molar-refractivity contribution in [1.82, 2.24) is 9.88 Å². The summed E-state index contributed by atoms with van der Waals surface area (Å²) in [7, 11) is -1.87. The maximum Gasteiger partial charge on any atom is 0.243 e. The third kappa shape index (κ3) is 5.56. The van der Waals surface area contributed by atoms with Gasteiger partial charge in [-0.3, -0.25) is 14.1 Å². The molecule has 0 bridgehead atoms. The first-order valence-electron chi connectivity index (χ1n) is 7.94. The fourth-order valence-corrected chi connectivity index (χ4v) is 3.18. The molecule has 0 saturated carbocycles. The summed E-state index contributed by atoms with van der Waals surface area (Å²) >= 11 is 0. The van der Waals surface area contributed by atoms with Gasteiger partial charge in [-0.25, -0.2) is 8.42 Å². The standard InChI is InChI=1S/C18H23N3O3S/c1-15-4-6-17(7-5-15)21(25(3,23)24)14-18(22)20(2)13-10-16-8-11-19-12-9-16/h4-9,11-12H,10,13-14H2,1-3H3. The minimum atomic E-state index is -3.55. The van der Waals surface area contributed by atoms with Gasteiger partial charge in [0.2, 0.25) is 15.9 Å². The van der Waals surface area contributed by atoms with Gasteiger partial charge in [-0.2, -0.15) is 0 Å². The van der Waals surface area contributed by atoms with Crippen LogP contribution in [0, 0.1) is 6.92 Å². The highest BCUT2D eigenvalue weighted by Gasteiger charge is 2.22. The Morgan fingerprint density at radius 1 is 1.08 bits per heavy atom. The number of sulfonamides is 1. The molecule has 134 valence electrons. The Kier molecular flexibility index (Phi) is 6.14. The number of anilines is 1. The smallest absolute Gasteiger partial charge is 0.243 e. The monoisotopic (exact) mass is 361 g/mol. The number of rotatable bonds is 7. The zero-order valence-corrected chi connectivity index (χ0v) is 15.5. The molecule has 0 N–H and O–H groups in total. The molecule has 1 amide bonds. The first-order valence-corrected chi connectivity index (χ1v) is 9.79. The van der Waals surface area contributed by atoms with Crippen LogP contribution in [0.5, 0.6) is 0 Å². The summed E-state index contributed by atoms with van der Waals surface area (Å²) in [6, 6.07) is 10.9. The topological polar surface area (TPSA) is 70.6 Å². The third-order valence-electron chi connectivity index (χ3n) is 3.91. The highest BCUT2D eigenvalue weighted by molar-refractivity contribution is 7.92. The summed E-state index contributed by atoms with van der Waals surface area (Å²) in [6.07, 6.45) is 5.21. The lowest BCUT2D eigenvalue weighted by atomic mass is 10.2. The zero-order valence-electron chi connectivity index (χ0n) is 14.7. The lowest BCUT2D eigenvalue weighted by Crippen LogP contribution is -2.41. The second-order valence-electron chi connectivity index (χ2n) is 6.03. The Balaban J connectivity index is 2.05. The number of hydrogen-bond acceptors (Lipinski definition) is 4. The molecule has 1 aromatic heterocycles. The number of nitrogens with zero attached hydrogens (tertiary/aromatic N) is 3. The molecule has 0 aliphatic heterocycles. The van der Waals surface area contributed by atoms with Crippen molar-refractivity contribution in [2.24, 2.45) is 0 Å². The van der Waals surface area contributed by atoms with Crippen LogP contribution in [0.3, 0.4) is 0 Å². The van der Waals surface area contributed by atoms with Crippen molar-refractivity contribution >= 4 is 21.6 Å². The number of hydrogen-bond donors (Lipinski definition) is 0. The number of carbonyl (C=O) groups is 1. The zero-order chi connectivity index (χ0) is 18.4. The first kappa shape index (κ1) is 18.9. The second-order valence-corrected chi connectivity index (χ2v) is 7.93. The summed E-state index contributed by atoms with van der Waals surface area (Å²) < 4.78 is 25.3. The minimum absolute atomic E-state index is 0.214. The summed E-state index contributed by atoms with van der Waals surface area (Å²) in [4.78, 5) is 18.0. The first-order chi connectivity index (χ1) is 11.8. The molecule has 0 fully saturated rings. The van der Waals surface area contributed by atoms with Crippen LogP contribution < -0.4 is 4.31 Å². The molecule has 6 nitrogen and oxygen atoms in total. The number of amides is 1. The maximum atomic E-state index is 12.5. The van der Waals surface area contributed by atoms with Gasteiger partial charge >= 0.3 is 0 Å². The van der Waals surface area contributed by atoms with Crippen molar-refractivity contribution in [2.45, 2.75) is 13.3 Å². The van der Waals surface area contributed by atoms with Crippen LogP contribution >= 0.6 is 0 Å². The van der Waals surface area contributed by atoms with Gasteiger partial charge in [0.25, 0.3) is 0 Å². The van der Waals surface area contributed by atoms with Crippen LogP contribution in [0.25, 0.3) is 0 Å².